The second-order valence-electron chi connectivity index (χ2n) is 2.51. The molecule has 5 heteroatoms. The zero-order valence-electron chi connectivity index (χ0n) is 7.74. The number of hydrogen-bond donors (Lipinski definition) is 1. The van der Waals surface area contributed by atoms with Crippen molar-refractivity contribution in [1.29, 1.82) is 0 Å². The fourth-order valence-electron chi connectivity index (χ4n) is 0.757. The van der Waals surface area contributed by atoms with Crippen LogP contribution < -0.4 is 10.5 Å². The van der Waals surface area contributed by atoms with Gasteiger partial charge in [0.25, 0.3) is 0 Å². The summed E-state index contributed by atoms with van der Waals surface area (Å²) in [5, 5.41) is 0. The Morgan fingerprint density at radius 3 is 2.69 bits per heavy atom. The Labute approximate surface area is 76.7 Å². The van der Waals surface area contributed by atoms with Crippen molar-refractivity contribution in [2.45, 2.75) is 13.8 Å². The molecule has 0 atom stereocenters. The number of ether oxygens (including phenoxy) is 1. The van der Waals surface area contributed by atoms with E-state index in [0.29, 0.717) is 12.4 Å². The summed E-state index contributed by atoms with van der Waals surface area (Å²) in [5.41, 5.74) is 6.18. The van der Waals surface area contributed by atoms with E-state index in [2.05, 4.69) is 21.5 Å². The monoisotopic (exact) mass is 180 g/mol. The molecular weight excluding hydrogens is 168 g/mol. The lowest BCUT2D eigenvalue weighted by Gasteiger charge is -2.03. The molecule has 0 saturated carbocycles. The number of hydrogen-bond acceptors (Lipinski definition) is 5. The van der Waals surface area contributed by atoms with E-state index in [0.717, 1.165) is 5.57 Å². The van der Waals surface area contributed by atoms with Crippen molar-refractivity contribution >= 4 is 11.5 Å². The van der Waals surface area contributed by atoms with Crippen LogP contribution in [0.2, 0.25) is 0 Å². The first-order valence-corrected chi connectivity index (χ1v) is 3.93. The molecule has 70 valence electrons. The van der Waals surface area contributed by atoms with Crippen LogP contribution in [0, 0.1) is 0 Å². The van der Waals surface area contributed by atoms with Gasteiger partial charge in [0.05, 0.1) is 6.61 Å². The second-order valence-corrected chi connectivity index (χ2v) is 2.51. The van der Waals surface area contributed by atoms with Gasteiger partial charge in [-0.25, -0.2) is 0 Å². The largest absolute Gasteiger partial charge is 0.464 e. The second kappa shape index (κ2) is 3.84. The van der Waals surface area contributed by atoms with Gasteiger partial charge in [-0.2, -0.15) is 15.0 Å². The fraction of sp³-hybridized carbons (Fsp3) is 0.375. The molecule has 13 heavy (non-hydrogen) atoms. The van der Waals surface area contributed by atoms with Gasteiger partial charge in [0.1, 0.15) is 0 Å². The van der Waals surface area contributed by atoms with Gasteiger partial charge in [-0.15, -0.1) is 0 Å². The first-order chi connectivity index (χ1) is 6.13. The van der Waals surface area contributed by atoms with Crippen molar-refractivity contribution in [3.05, 3.63) is 12.4 Å². The maximum atomic E-state index is 5.44. The van der Waals surface area contributed by atoms with Crippen molar-refractivity contribution < 1.29 is 4.74 Å². The number of nitrogens with zero attached hydrogens (tertiary/aromatic N) is 3. The van der Waals surface area contributed by atoms with E-state index >= 15 is 0 Å². The Kier molecular flexibility index (Phi) is 2.79. The molecule has 0 amide bonds. The summed E-state index contributed by atoms with van der Waals surface area (Å²) in [6.45, 7) is 7.85. The van der Waals surface area contributed by atoms with Crippen LogP contribution in [0.25, 0.3) is 5.57 Å². The van der Waals surface area contributed by atoms with Crippen LogP contribution in [0.15, 0.2) is 6.58 Å². The molecule has 0 aliphatic heterocycles. The molecule has 1 rings (SSSR count). The van der Waals surface area contributed by atoms with Crippen molar-refractivity contribution in [2.24, 2.45) is 0 Å². The number of nitrogens with two attached hydrogens (primary N) is 1. The summed E-state index contributed by atoms with van der Waals surface area (Å²) >= 11 is 0. The number of anilines is 1. The first-order valence-electron chi connectivity index (χ1n) is 3.93. The van der Waals surface area contributed by atoms with E-state index in [4.69, 9.17) is 10.5 Å². The van der Waals surface area contributed by atoms with E-state index in [1.807, 2.05) is 6.92 Å². The third kappa shape index (κ3) is 2.40. The van der Waals surface area contributed by atoms with Gasteiger partial charge in [-0.1, -0.05) is 6.58 Å². The van der Waals surface area contributed by atoms with E-state index in [9.17, 15) is 0 Å². The standard InChI is InChI=1S/C8H12N4O/c1-4-13-8-11-6(5(2)3)10-7(9)12-8/h2,4H2,1,3H3,(H2,9,10,11,12). The quantitative estimate of drug-likeness (QED) is 0.747. The molecule has 0 saturated heterocycles. The van der Waals surface area contributed by atoms with Crippen LogP contribution in [-0.4, -0.2) is 21.6 Å². The number of allylic oxidation sites excluding steroid dienone is 1. The zero-order chi connectivity index (χ0) is 9.84. The van der Waals surface area contributed by atoms with E-state index < -0.39 is 0 Å². The Balaban J connectivity index is 3.03. The molecule has 2 N–H and O–H groups in total. The summed E-state index contributed by atoms with van der Waals surface area (Å²) in [6.07, 6.45) is 0. The number of rotatable bonds is 3. The van der Waals surface area contributed by atoms with Crippen molar-refractivity contribution in [2.75, 3.05) is 12.3 Å². The Morgan fingerprint density at radius 1 is 1.46 bits per heavy atom. The van der Waals surface area contributed by atoms with E-state index in [-0.39, 0.29) is 12.0 Å². The minimum absolute atomic E-state index is 0.149. The van der Waals surface area contributed by atoms with Crippen LogP contribution in [0.3, 0.4) is 0 Å². The summed E-state index contributed by atoms with van der Waals surface area (Å²) in [7, 11) is 0. The van der Waals surface area contributed by atoms with Crippen molar-refractivity contribution in [1.82, 2.24) is 15.0 Å². The number of aromatic nitrogens is 3. The molecular formula is C8H12N4O. The van der Waals surface area contributed by atoms with Gasteiger partial charge in [0, 0.05) is 0 Å². The average Bonchev–Trinajstić information content (AvgIpc) is 2.03. The molecule has 1 aromatic heterocycles. The van der Waals surface area contributed by atoms with Crippen molar-refractivity contribution in [3.8, 4) is 6.01 Å². The van der Waals surface area contributed by atoms with Crippen molar-refractivity contribution in [3.63, 3.8) is 0 Å². The highest BCUT2D eigenvalue weighted by molar-refractivity contribution is 5.55. The zero-order valence-corrected chi connectivity index (χ0v) is 7.74. The van der Waals surface area contributed by atoms with Crippen LogP contribution in [0.1, 0.15) is 19.7 Å². The van der Waals surface area contributed by atoms with Gasteiger partial charge in [-0.3, -0.25) is 0 Å². The lowest BCUT2D eigenvalue weighted by molar-refractivity contribution is 0.311. The van der Waals surface area contributed by atoms with Crippen LogP contribution in [0.4, 0.5) is 5.95 Å². The molecule has 0 spiro atoms. The normalized spacial score (nSPS) is 9.69. The number of nitrogen functional groups attached to an aromatic ring is 1. The van der Waals surface area contributed by atoms with Gasteiger partial charge in [0.2, 0.25) is 5.95 Å². The van der Waals surface area contributed by atoms with Crippen LogP contribution in [-0.2, 0) is 0 Å². The Bertz CT molecular complexity index is 324. The molecule has 0 aliphatic carbocycles. The van der Waals surface area contributed by atoms with Gasteiger partial charge < -0.3 is 10.5 Å². The minimum atomic E-state index is 0.149. The molecule has 0 fully saturated rings. The average molecular weight is 180 g/mol. The molecule has 0 aliphatic rings. The smallest absolute Gasteiger partial charge is 0.321 e. The topological polar surface area (TPSA) is 73.9 Å². The third-order valence-electron chi connectivity index (χ3n) is 1.29. The molecule has 5 nitrogen and oxygen atoms in total. The highest BCUT2D eigenvalue weighted by atomic mass is 16.5. The third-order valence-corrected chi connectivity index (χ3v) is 1.29. The van der Waals surface area contributed by atoms with Gasteiger partial charge >= 0.3 is 6.01 Å². The maximum Gasteiger partial charge on any atom is 0.321 e. The predicted octanol–water partition coefficient (Wildman–Crippen LogP) is 0.886. The molecule has 0 unspecified atom stereocenters. The van der Waals surface area contributed by atoms with Gasteiger partial charge in [-0.05, 0) is 19.4 Å². The SMILES string of the molecule is C=C(C)c1nc(N)nc(OCC)n1. The minimum Gasteiger partial charge on any atom is -0.464 e. The maximum absolute atomic E-state index is 5.44. The Hall–Kier alpha value is -1.65. The lowest BCUT2D eigenvalue weighted by atomic mass is 10.3. The highest BCUT2D eigenvalue weighted by Gasteiger charge is 2.04. The van der Waals surface area contributed by atoms with E-state index in [1.54, 1.807) is 6.92 Å². The molecule has 1 aromatic rings. The van der Waals surface area contributed by atoms with E-state index in [1.165, 1.54) is 0 Å². The summed E-state index contributed by atoms with van der Waals surface area (Å²) in [5.74, 6) is 0.618. The predicted molar refractivity (Wildman–Crippen MR) is 50.1 cm³/mol. The molecule has 0 aromatic carbocycles. The highest BCUT2D eigenvalue weighted by Crippen LogP contribution is 2.10. The summed E-state index contributed by atoms with van der Waals surface area (Å²) in [6, 6.07) is 0.244. The lowest BCUT2D eigenvalue weighted by Crippen LogP contribution is -2.05. The molecule has 0 radical (unpaired) electrons. The van der Waals surface area contributed by atoms with Crippen LogP contribution >= 0.6 is 0 Å². The van der Waals surface area contributed by atoms with Crippen LogP contribution in [0.5, 0.6) is 6.01 Å². The molecule has 0 bridgehead atoms. The Morgan fingerprint density at radius 2 is 2.15 bits per heavy atom. The fourth-order valence-corrected chi connectivity index (χ4v) is 0.757. The molecule has 1 heterocycles. The summed E-state index contributed by atoms with van der Waals surface area (Å²) < 4.78 is 5.09. The summed E-state index contributed by atoms with van der Waals surface area (Å²) in [4.78, 5) is 11.7. The van der Waals surface area contributed by atoms with Gasteiger partial charge in [0.15, 0.2) is 5.82 Å². The first kappa shape index (κ1) is 9.44.